The van der Waals surface area contributed by atoms with Gasteiger partial charge in [0.25, 0.3) is 0 Å². The maximum atomic E-state index is 14.1. The zero-order valence-electron chi connectivity index (χ0n) is 37.2. The Balaban J connectivity index is 1.48. The molecule has 2 heterocycles. The lowest BCUT2D eigenvalue weighted by Crippen LogP contribution is -2.25. The first-order chi connectivity index (χ1) is 30.8. The minimum absolute atomic E-state index is 0.0670. The van der Waals surface area contributed by atoms with E-state index in [1.807, 2.05) is 6.08 Å². The van der Waals surface area contributed by atoms with Crippen molar-refractivity contribution < 1.29 is 9.59 Å². The first kappa shape index (κ1) is 41.4. The van der Waals surface area contributed by atoms with E-state index in [1.165, 1.54) is 0 Å². The van der Waals surface area contributed by atoms with Crippen molar-refractivity contribution in [3.63, 3.8) is 0 Å². The molecule has 0 fully saturated rings. The molecule has 7 aromatic rings. The van der Waals surface area contributed by atoms with Crippen LogP contribution in [0.15, 0.2) is 133 Å². The van der Waals surface area contributed by atoms with E-state index in [2.05, 4.69) is 148 Å². The van der Waals surface area contributed by atoms with Crippen molar-refractivity contribution in [1.29, 1.82) is 0 Å². The van der Waals surface area contributed by atoms with Gasteiger partial charge in [-0.25, -0.2) is 9.97 Å². The van der Waals surface area contributed by atoms with E-state index in [0.717, 1.165) is 67.0 Å². The number of Topliss-reactive ketones (excluding diaryl/α,β-unsaturated/α-hetero) is 2. The van der Waals surface area contributed by atoms with E-state index in [9.17, 15) is 9.59 Å². The summed E-state index contributed by atoms with van der Waals surface area (Å²) in [5, 5.41) is 0. The lowest BCUT2D eigenvalue weighted by atomic mass is 9.91. The highest BCUT2D eigenvalue weighted by Gasteiger charge is 2.42. The van der Waals surface area contributed by atoms with Crippen molar-refractivity contribution in [3.8, 4) is 22.3 Å². The third-order valence-electron chi connectivity index (χ3n) is 12.0. The topological polar surface area (TPSA) is 75.1 Å². The molecule has 6 aromatic carbocycles. The number of nitrogens with zero attached hydrogens (tertiary/aromatic N) is 6. The molecular formula is C56H46N6O2. The van der Waals surface area contributed by atoms with E-state index in [1.54, 1.807) is 42.5 Å². The van der Waals surface area contributed by atoms with Crippen molar-refractivity contribution in [2.24, 2.45) is 0 Å². The summed E-state index contributed by atoms with van der Waals surface area (Å²) in [5.41, 5.74) is 14.3. The fraction of sp³-hybridized carbons (Fsp3) is 0.179. The average Bonchev–Trinajstić information content (AvgIpc) is 3.70. The molecular weight excluding hydrogens is 789 g/mol. The maximum Gasteiger partial charge on any atom is 0.197 e. The Morgan fingerprint density at radius 3 is 1.34 bits per heavy atom. The first-order valence-electron chi connectivity index (χ1n) is 21.5. The zero-order valence-corrected chi connectivity index (χ0v) is 37.2. The van der Waals surface area contributed by atoms with Crippen LogP contribution in [0.5, 0.6) is 0 Å². The predicted molar refractivity (Wildman–Crippen MR) is 258 cm³/mol. The third kappa shape index (κ3) is 6.94. The van der Waals surface area contributed by atoms with Crippen LogP contribution < -0.4 is 9.80 Å². The van der Waals surface area contributed by atoms with Crippen molar-refractivity contribution in [2.75, 3.05) is 9.80 Å². The van der Waals surface area contributed by atoms with E-state index in [0.29, 0.717) is 39.6 Å². The van der Waals surface area contributed by atoms with E-state index >= 15 is 0 Å². The van der Waals surface area contributed by atoms with Gasteiger partial charge in [0.2, 0.25) is 0 Å². The molecule has 0 spiro atoms. The Morgan fingerprint density at radius 2 is 0.922 bits per heavy atom. The second kappa shape index (κ2) is 16.1. The van der Waals surface area contributed by atoms with Gasteiger partial charge in [-0.3, -0.25) is 29.1 Å². The van der Waals surface area contributed by atoms with Crippen LogP contribution >= 0.6 is 0 Å². The number of carbonyl (C=O) groups excluding carboxylic acids is 2. The second-order valence-corrected chi connectivity index (χ2v) is 17.5. The summed E-state index contributed by atoms with van der Waals surface area (Å²) in [7, 11) is 0. The first-order valence-corrected chi connectivity index (χ1v) is 21.5. The van der Waals surface area contributed by atoms with E-state index in [-0.39, 0.29) is 40.4 Å². The minimum Gasteiger partial charge on any atom is -0.288 e. The van der Waals surface area contributed by atoms with Gasteiger partial charge in [0, 0.05) is 22.3 Å². The van der Waals surface area contributed by atoms with Crippen molar-refractivity contribution >= 4 is 57.0 Å². The van der Waals surface area contributed by atoms with Gasteiger partial charge in [-0.1, -0.05) is 147 Å². The van der Waals surface area contributed by atoms with Crippen LogP contribution in [0.4, 0.5) is 34.4 Å². The number of anilines is 4. The van der Waals surface area contributed by atoms with Crippen molar-refractivity contribution in [2.45, 2.75) is 67.2 Å². The summed E-state index contributed by atoms with van der Waals surface area (Å²) in [6.07, 6.45) is 3.52. The average molecular weight is 835 g/mol. The van der Waals surface area contributed by atoms with Gasteiger partial charge in [-0.05, 0) is 86.1 Å². The summed E-state index contributed by atoms with van der Waals surface area (Å²) in [4.78, 5) is 50.7. The highest BCUT2D eigenvalue weighted by Crippen LogP contribution is 2.56. The molecule has 0 saturated heterocycles. The number of hydrogen-bond acceptors (Lipinski definition) is 6. The largest absolute Gasteiger partial charge is 0.288 e. The molecule has 0 atom stereocenters. The summed E-state index contributed by atoms with van der Waals surface area (Å²) in [6, 6.07) is 36.0. The molecule has 64 heavy (non-hydrogen) atoms. The maximum absolute atomic E-state index is 14.1. The van der Waals surface area contributed by atoms with Crippen LogP contribution in [0, 0.1) is 40.8 Å². The number of allylic oxidation sites excluding steroid dienone is 3. The highest BCUT2D eigenvalue weighted by atomic mass is 16.2. The molecule has 8 nitrogen and oxygen atoms in total. The molecule has 0 amide bonds. The molecule has 0 radical (unpaired) electrons. The summed E-state index contributed by atoms with van der Waals surface area (Å²) in [6.45, 7) is 33.0. The Morgan fingerprint density at radius 1 is 0.516 bits per heavy atom. The number of ketones is 2. The number of hydrogen-bond donors (Lipinski definition) is 0. The second-order valence-electron chi connectivity index (χ2n) is 17.5. The SMILES string of the molecule is [C-]#[N+]c1cc2nc3c(nc2cc1[N+]#[C-])N(c1c(C(C)C)cccc1C(C)C)/C(=C\C=C1C(=O)c2ccccc2C1=O)N3c1c(-c2cc(C)cc(C)c2)cccc1-c1cc(C)cc(C)c1. The van der Waals surface area contributed by atoms with Gasteiger partial charge >= 0.3 is 0 Å². The fourth-order valence-electron chi connectivity index (χ4n) is 9.31. The number of aromatic nitrogens is 2. The monoisotopic (exact) mass is 834 g/mol. The summed E-state index contributed by atoms with van der Waals surface area (Å²) >= 11 is 0. The van der Waals surface area contributed by atoms with Gasteiger partial charge in [0.1, 0.15) is 5.82 Å². The normalized spacial score (nSPS) is 13.9. The van der Waals surface area contributed by atoms with Crippen LogP contribution in [-0.2, 0) is 0 Å². The van der Waals surface area contributed by atoms with Gasteiger partial charge in [0.15, 0.2) is 34.6 Å². The molecule has 0 N–H and O–H groups in total. The number of carbonyl (C=O) groups is 2. The van der Waals surface area contributed by atoms with Crippen LogP contribution in [0.2, 0.25) is 0 Å². The molecule has 0 bridgehead atoms. The molecule has 2 aliphatic rings. The summed E-state index contributed by atoms with van der Waals surface area (Å²) in [5.74, 6) is 1.10. The van der Waals surface area contributed by atoms with Gasteiger partial charge in [0.05, 0.1) is 41.1 Å². The summed E-state index contributed by atoms with van der Waals surface area (Å²) < 4.78 is 0. The molecule has 0 saturated carbocycles. The Hall–Kier alpha value is -7.94. The molecule has 1 aliphatic heterocycles. The van der Waals surface area contributed by atoms with Gasteiger partial charge < -0.3 is 0 Å². The minimum atomic E-state index is -0.330. The van der Waals surface area contributed by atoms with Crippen LogP contribution in [0.25, 0.3) is 43.0 Å². The molecule has 9 rings (SSSR count). The Kier molecular flexibility index (Phi) is 10.4. The fourth-order valence-corrected chi connectivity index (χ4v) is 9.31. The van der Waals surface area contributed by atoms with E-state index < -0.39 is 0 Å². The zero-order chi connectivity index (χ0) is 45.1. The lowest BCUT2D eigenvalue weighted by molar-refractivity contribution is 0.0988. The standard InChI is InChI=1S/C56H46N6O2/c1-31(2)39-17-13-18-40(32(3)4)51(39)61-50(22-21-45-53(63)43-15-11-12-16-44(43)54(45)64)62(56-55(61)59-48-29-46(57-9)47(58-10)30-49(48)60-56)52-41(37-25-33(5)23-34(6)26-37)19-14-20-42(52)38-27-35(7)24-36(8)28-38/h11-32H,1-8H3/b50-22+. The van der Waals surface area contributed by atoms with Gasteiger partial charge in [-0.2, -0.15) is 0 Å². The number of aryl methyl sites for hydroxylation is 4. The third-order valence-corrected chi connectivity index (χ3v) is 12.0. The Bertz CT molecular complexity index is 3130. The van der Waals surface area contributed by atoms with Crippen molar-refractivity contribution in [1.82, 2.24) is 9.97 Å². The van der Waals surface area contributed by atoms with Crippen molar-refractivity contribution in [3.05, 3.63) is 200 Å². The number of para-hydroxylation sites is 2. The quantitative estimate of drug-likeness (QED) is 0.0904. The van der Waals surface area contributed by atoms with Crippen LogP contribution in [0.1, 0.15) is 93.6 Å². The van der Waals surface area contributed by atoms with Gasteiger partial charge in [-0.15, -0.1) is 0 Å². The number of fused-ring (bicyclic) bond motifs is 3. The number of rotatable bonds is 7. The smallest absolute Gasteiger partial charge is 0.197 e. The molecule has 0 unspecified atom stereocenters. The lowest BCUT2D eigenvalue weighted by Gasteiger charge is -2.32. The van der Waals surface area contributed by atoms with E-state index in [4.69, 9.17) is 23.1 Å². The molecule has 1 aromatic heterocycles. The number of benzene rings is 6. The molecule has 1 aliphatic carbocycles. The predicted octanol–water partition coefficient (Wildman–Crippen LogP) is 14.7. The molecule has 312 valence electrons. The Labute approximate surface area is 374 Å². The van der Waals surface area contributed by atoms with Crippen LogP contribution in [-0.4, -0.2) is 21.5 Å². The highest BCUT2D eigenvalue weighted by molar-refractivity contribution is 6.39. The van der Waals surface area contributed by atoms with Crippen LogP contribution in [0.3, 0.4) is 0 Å². The molecule has 8 heteroatoms.